The van der Waals surface area contributed by atoms with E-state index in [0.717, 1.165) is 35.1 Å². The molecule has 1 aliphatic carbocycles. The highest BCUT2D eigenvalue weighted by atomic mass is 35.5. The average Bonchev–Trinajstić information content (AvgIpc) is 2.70. The van der Waals surface area contributed by atoms with Crippen molar-refractivity contribution in [3.05, 3.63) is 75.8 Å². The number of carbonyl (C=O) groups is 1. The summed E-state index contributed by atoms with van der Waals surface area (Å²) in [4.78, 5) is 11.1. The van der Waals surface area contributed by atoms with E-state index in [9.17, 15) is 9.90 Å². The van der Waals surface area contributed by atoms with Crippen LogP contribution in [0.5, 0.6) is 5.75 Å². The van der Waals surface area contributed by atoms with Crippen LogP contribution in [0.25, 0.3) is 11.1 Å². The van der Waals surface area contributed by atoms with Crippen LogP contribution in [0, 0.1) is 0 Å². The highest BCUT2D eigenvalue weighted by Gasteiger charge is 2.16. The molecule has 0 bridgehead atoms. The van der Waals surface area contributed by atoms with Crippen LogP contribution in [-0.4, -0.2) is 16.2 Å². The van der Waals surface area contributed by atoms with Crippen LogP contribution >= 0.6 is 11.6 Å². The lowest BCUT2D eigenvalue weighted by atomic mass is 9.84. The zero-order chi connectivity index (χ0) is 20.1. The van der Waals surface area contributed by atoms with E-state index in [2.05, 4.69) is 12.1 Å². The first-order valence-electron chi connectivity index (χ1n) is 9.74. The molecule has 1 fully saturated rings. The standard InChI is InChI=1S/C24H25ClO3/c1-2-16(15-23(27)28)17-8-10-19(11-9-17)24(18-6-4-3-5-7-18)20-12-13-22(26)21(25)14-20/h8-15,26H,2-7H2,1H3,(H,27,28)/b16-15+. The molecular formula is C24H25ClO3. The first-order valence-corrected chi connectivity index (χ1v) is 10.1. The topological polar surface area (TPSA) is 57.5 Å². The van der Waals surface area contributed by atoms with Gasteiger partial charge in [0, 0.05) is 6.08 Å². The van der Waals surface area contributed by atoms with Crippen LogP contribution in [0.4, 0.5) is 0 Å². The van der Waals surface area contributed by atoms with Gasteiger partial charge >= 0.3 is 5.97 Å². The molecule has 2 aromatic carbocycles. The van der Waals surface area contributed by atoms with Crippen molar-refractivity contribution in [2.45, 2.75) is 45.4 Å². The van der Waals surface area contributed by atoms with Crippen LogP contribution in [0.1, 0.15) is 62.1 Å². The van der Waals surface area contributed by atoms with E-state index in [0.29, 0.717) is 11.4 Å². The minimum Gasteiger partial charge on any atom is -0.506 e. The summed E-state index contributed by atoms with van der Waals surface area (Å²) < 4.78 is 0. The Balaban J connectivity index is 2.06. The number of aromatic hydroxyl groups is 1. The van der Waals surface area contributed by atoms with Gasteiger partial charge in [-0.15, -0.1) is 0 Å². The van der Waals surface area contributed by atoms with E-state index in [1.807, 2.05) is 31.2 Å². The van der Waals surface area contributed by atoms with Crippen molar-refractivity contribution in [2.24, 2.45) is 0 Å². The lowest BCUT2D eigenvalue weighted by molar-refractivity contribution is -0.131. The van der Waals surface area contributed by atoms with Crippen LogP contribution < -0.4 is 0 Å². The van der Waals surface area contributed by atoms with Gasteiger partial charge in [-0.1, -0.05) is 60.9 Å². The normalized spacial score (nSPS) is 14.8. The van der Waals surface area contributed by atoms with E-state index >= 15 is 0 Å². The van der Waals surface area contributed by atoms with Crippen molar-refractivity contribution in [3.8, 4) is 5.75 Å². The minimum atomic E-state index is -0.926. The Morgan fingerprint density at radius 3 is 2.18 bits per heavy atom. The number of rotatable bonds is 5. The van der Waals surface area contributed by atoms with Crippen molar-refractivity contribution >= 4 is 28.7 Å². The molecule has 0 amide bonds. The van der Waals surface area contributed by atoms with Crippen molar-refractivity contribution in [2.75, 3.05) is 0 Å². The van der Waals surface area contributed by atoms with Crippen LogP contribution in [0.15, 0.2) is 54.1 Å². The van der Waals surface area contributed by atoms with Crippen molar-refractivity contribution in [3.63, 3.8) is 0 Å². The third-order valence-corrected chi connectivity index (χ3v) is 5.57. The number of hydrogen-bond donors (Lipinski definition) is 2. The van der Waals surface area contributed by atoms with Gasteiger partial charge in [0.2, 0.25) is 0 Å². The number of carboxylic acid groups (broad SMARTS) is 1. The second kappa shape index (κ2) is 9.11. The van der Waals surface area contributed by atoms with E-state index in [-0.39, 0.29) is 5.75 Å². The first-order chi connectivity index (χ1) is 13.5. The molecule has 0 atom stereocenters. The van der Waals surface area contributed by atoms with Gasteiger partial charge in [-0.3, -0.25) is 0 Å². The number of allylic oxidation sites excluding steroid dienone is 2. The van der Waals surface area contributed by atoms with Crippen LogP contribution in [-0.2, 0) is 4.79 Å². The van der Waals surface area contributed by atoms with Crippen molar-refractivity contribution in [1.29, 1.82) is 0 Å². The second-order valence-corrected chi connectivity index (χ2v) is 7.55. The number of halogens is 1. The molecule has 0 aliphatic heterocycles. The molecule has 0 radical (unpaired) electrons. The molecule has 4 heteroatoms. The Labute approximate surface area is 171 Å². The second-order valence-electron chi connectivity index (χ2n) is 7.14. The van der Waals surface area contributed by atoms with Gasteiger partial charge in [-0.05, 0) is 72.1 Å². The quantitative estimate of drug-likeness (QED) is 0.553. The number of phenolic OH excluding ortho intramolecular Hbond substituents is 1. The summed E-state index contributed by atoms with van der Waals surface area (Å²) in [5, 5.41) is 19.2. The molecule has 3 rings (SSSR count). The molecule has 0 saturated heterocycles. The minimum absolute atomic E-state index is 0.0835. The number of carboxylic acids is 1. The predicted molar refractivity (Wildman–Crippen MR) is 115 cm³/mol. The van der Waals surface area contributed by atoms with Gasteiger partial charge in [0.15, 0.2) is 0 Å². The van der Waals surface area contributed by atoms with E-state index in [4.69, 9.17) is 16.7 Å². The first kappa shape index (κ1) is 20.2. The summed E-state index contributed by atoms with van der Waals surface area (Å²) >= 11 is 6.18. The zero-order valence-corrected chi connectivity index (χ0v) is 16.8. The average molecular weight is 397 g/mol. The van der Waals surface area contributed by atoms with Crippen molar-refractivity contribution < 1.29 is 15.0 Å². The van der Waals surface area contributed by atoms with Crippen LogP contribution in [0.2, 0.25) is 5.02 Å². The zero-order valence-electron chi connectivity index (χ0n) is 16.0. The van der Waals surface area contributed by atoms with Gasteiger partial charge in [0.25, 0.3) is 0 Å². The molecule has 0 heterocycles. The highest BCUT2D eigenvalue weighted by molar-refractivity contribution is 6.32. The maximum absolute atomic E-state index is 11.1. The van der Waals surface area contributed by atoms with Gasteiger partial charge in [0.05, 0.1) is 5.02 Å². The molecule has 0 spiro atoms. The Morgan fingerprint density at radius 1 is 1.00 bits per heavy atom. The summed E-state index contributed by atoms with van der Waals surface area (Å²) in [7, 11) is 0. The maximum atomic E-state index is 11.1. The Kier molecular flexibility index (Phi) is 6.58. The summed E-state index contributed by atoms with van der Waals surface area (Å²) in [6, 6.07) is 13.5. The molecule has 3 nitrogen and oxygen atoms in total. The Hall–Kier alpha value is -2.52. The summed E-state index contributed by atoms with van der Waals surface area (Å²) in [6.07, 6.45) is 7.69. The summed E-state index contributed by atoms with van der Waals surface area (Å²) in [5.74, 6) is -0.843. The monoisotopic (exact) mass is 396 g/mol. The van der Waals surface area contributed by atoms with E-state index < -0.39 is 5.97 Å². The molecular weight excluding hydrogens is 372 g/mol. The third-order valence-electron chi connectivity index (χ3n) is 5.27. The SMILES string of the molecule is CC/C(=C\C(=O)O)c1ccc(C(=C2CCCCC2)c2ccc(O)c(Cl)c2)cc1. The number of phenols is 1. The molecule has 1 saturated carbocycles. The molecule has 2 N–H and O–H groups in total. The molecule has 28 heavy (non-hydrogen) atoms. The van der Waals surface area contributed by atoms with E-state index in [1.54, 1.807) is 6.07 Å². The van der Waals surface area contributed by atoms with Gasteiger partial charge in [0.1, 0.15) is 5.75 Å². The molecule has 146 valence electrons. The lowest BCUT2D eigenvalue weighted by Gasteiger charge is -2.21. The largest absolute Gasteiger partial charge is 0.506 e. The summed E-state index contributed by atoms with van der Waals surface area (Å²) in [5.41, 5.74) is 6.41. The number of benzene rings is 2. The molecule has 0 unspecified atom stereocenters. The Morgan fingerprint density at radius 2 is 1.61 bits per heavy atom. The van der Waals surface area contributed by atoms with Crippen molar-refractivity contribution in [1.82, 2.24) is 0 Å². The third kappa shape index (κ3) is 4.66. The molecule has 2 aromatic rings. The fourth-order valence-corrected chi connectivity index (χ4v) is 4.04. The van der Waals surface area contributed by atoms with Gasteiger partial charge < -0.3 is 10.2 Å². The smallest absolute Gasteiger partial charge is 0.328 e. The highest BCUT2D eigenvalue weighted by Crippen LogP contribution is 2.37. The fraction of sp³-hybridized carbons (Fsp3) is 0.292. The maximum Gasteiger partial charge on any atom is 0.328 e. The number of hydrogen-bond acceptors (Lipinski definition) is 2. The van der Waals surface area contributed by atoms with Gasteiger partial charge in [-0.25, -0.2) is 4.79 Å². The predicted octanol–water partition coefficient (Wildman–Crippen LogP) is 6.69. The fourth-order valence-electron chi connectivity index (χ4n) is 3.86. The van der Waals surface area contributed by atoms with E-state index in [1.165, 1.54) is 36.5 Å². The molecule has 0 aromatic heterocycles. The Bertz CT molecular complexity index is 915. The summed E-state index contributed by atoms with van der Waals surface area (Å²) in [6.45, 7) is 1.95. The number of aliphatic carboxylic acids is 1. The van der Waals surface area contributed by atoms with Crippen LogP contribution in [0.3, 0.4) is 0 Å². The lowest BCUT2D eigenvalue weighted by Crippen LogP contribution is -2.01. The van der Waals surface area contributed by atoms with Gasteiger partial charge in [-0.2, -0.15) is 0 Å². The molecule has 1 aliphatic rings.